The number of benzene rings is 1. The fraction of sp³-hybridized carbons (Fsp3) is 0.273. The minimum Gasteiger partial charge on any atom is -0.358 e. The molecule has 0 aliphatic heterocycles. The second-order valence-corrected chi connectivity index (χ2v) is 4.92. The number of nitrogens with zero attached hydrogens (tertiary/aromatic N) is 2. The number of aromatic nitrogens is 2. The molecule has 1 aromatic carbocycles. The highest BCUT2D eigenvalue weighted by Crippen LogP contribution is 2.23. The topological polar surface area (TPSA) is 37.8 Å². The van der Waals surface area contributed by atoms with E-state index in [9.17, 15) is 0 Å². The first-order chi connectivity index (χ1) is 7.65. The molecule has 2 aromatic rings. The summed E-state index contributed by atoms with van der Waals surface area (Å²) < 4.78 is 4.29. The molecule has 0 bridgehead atoms. The third-order valence-electron chi connectivity index (χ3n) is 1.92. The van der Waals surface area contributed by atoms with Crippen LogP contribution in [0.1, 0.15) is 13.8 Å². The predicted molar refractivity (Wildman–Crippen MR) is 69.1 cm³/mol. The molecule has 3 nitrogen and oxygen atoms in total. The third kappa shape index (κ3) is 2.71. The van der Waals surface area contributed by atoms with Gasteiger partial charge in [0.2, 0.25) is 5.13 Å². The van der Waals surface area contributed by atoms with Crippen molar-refractivity contribution in [3.8, 4) is 11.4 Å². The molecule has 1 heterocycles. The second-order valence-electron chi connectivity index (χ2n) is 3.73. The first-order valence-electron chi connectivity index (χ1n) is 5.01. The highest BCUT2D eigenvalue weighted by Gasteiger charge is 2.07. The summed E-state index contributed by atoms with van der Waals surface area (Å²) in [5.41, 5.74) is 0.945. The fourth-order valence-corrected chi connectivity index (χ4v) is 2.20. The molecule has 1 aromatic heterocycles. The number of rotatable bonds is 3. The number of nitrogens with one attached hydrogen (secondary N) is 1. The molecular weight excluding hydrogens is 242 g/mol. The average molecular weight is 254 g/mol. The van der Waals surface area contributed by atoms with Gasteiger partial charge in [-0.25, -0.2) is 0 Å². The van der Waals surface area contributed by atoms with Crippen molar-refractivity contribution in [3.05, 3.63) is 29.3 Å². The molecule has 0 aliphatic rings. The number of hydrogen-bond donors (Lipinski definition) is 1. The maximum atomic E-state index is 5.92. The SMILES string of the molecule is CC(C)Nc1nc(-c2cccc(Cl)c2)ns1. The maximum Gasteiger partial charge on any atom is 0.203 e. The van der Waals surface area contributed by atoms with Crippen LogP contribution in [-0.2, 0) is 0 Å². The first kappa shape index (κ1) is 11.4. The summed E-state index contributed by atoms with van der Waals surface area (Å²) in [7, 11) is 0. The Labute approximate surface area is 104 Å². The lowest BCUT2D eigenvalue weighted by atomic mass is 10.2. The second kappa shape index (κ2) is 4.80. The Kier molecular flexibility index (Phi) is 3.41. The molecule has 0 radical (unpaired) electrons. The van der Waals surface area contributed by atoms with Crippen molar-refractivity contribution < 1.29 is 0 Å². The van der Waals surface area contributed by atoms with Gasteiger partial charge in [-0.15, -0.1) is 0 Å². The van der Waals surface area contributed by atoms with E-state index >= 15 is 0 Å². The minimum atomic E-state index is 0.361. The van der Waals surface area contributed by atoms with Crippen LogP contribution in [-0.4, -0.2) is 15.4 Å². The monoisotopic (exact) mass is 253 g/mol. The molecule has 0 unspecified atom stereocenters. The van der Waals surface area contributed by atoms with E-state index in [2.05, 4.69) is 28.5 Å². The first-order valence-corrected chi connectivity index (χ1v) is 6.16. The Balaban J connectivity index is 2.24. The summed E-state index contributed by atoms with van der Waals surface area (Å²) in [6, 6.07) is 7.91. The lowest BCUT2D eigenvalue weighted by molar-refractivity contribution is 0.896. The van der Waals surface area contributed by atoms with E-state index in [0.717, 1.165) is 16.5 Å². The van der Waals surface area contributed by atoms with Crippen molar-refractivity contribution in [2.75, 3.05) is 5.32 Å². The highest BCUT2D eigenvalue weighted by atomic mass is 35.5. The van der Waals surface area contributed by atoms with Crippen molar-refractivity contribution in [2.45, 2.75) is 19.9 Å². The summed E-state index contributed by atoms with van der Waals surface area (Å²) in [6.45, 7) is 4.14. The molecule has 0 fully saturated rings. The Morgan fingerprint density at radius 1 is 1.38 bits per heavy atom. The molecule has 84 valence electrons. The highest BCUT2D eigenvalue weighted by molar-refractivity contribution is 7.09. The van der Waals surface area contributed by atoms with Crippen LogP contribution in [0.4, 0.5) is 5.13 Å². The van der Waals surface area contributed by atoms with E-state index in [1.807, 2.05) is 24.3 Å². The van der Waals surface area contributed by atoms with Crippen molar-refractivity contribution >= 4 is 28.3 Å². The van der Waals surface area contributed by atoms with Gasteiger partial charge in [0.05, 0.1) is 0 Å². The van der Waals surface area contributed by atoms with Crippen LogP contribution in [0.25, 0.3) is 11.4 Å². The fourth-order valence-electron chi connectivity index (χ4n) is 1.27. The average Bonchev–Trinajstić information content (AvgIpc) is 2.65. The van der Waals surface area contributed by atoms with Crippen molar-refractivity contribution in [1.82, 2.24) is 9.36 Å². The van der Waals surface area contributed by atoms with Crippen LogP contribution in [0.3, 0.4) is 0 Å². The van der Waals surface area contributed by atoms with Crippen LogP contribution < -0.4 is 5.32 Å². The molecule has 0 amide bonds. The molecule has 0 spiro atoms. The third-order valence-corrected chi connectivity index (χ3v) is 2.80. The lowest BCUT2D eigenvalue weighted by Crippen LogP contribution is -2.08. The van der Waals surface area contributed by atoms with E-state index in [1.54, 1.807) is 0 Å². The van der Waals surface area contributed by atoms with Crippen LogP contribution in [0.5, 0.6) is 0 Å². The van der Waals surface area contributed by atoms with Gasteiger partial charge in [-0.1, -0.05) is 23.7 Å². The molecular formula is C11H12ClN3S. The normalized spacial score (nSPS) is 10.8. The van der Waals surface area contributed by atoms with Crippen molar-refractivity contribution in [1.29, 1.82) is 0 Å². The summed E-state index contributed by atoms with van der Waals surface area (Å²) in [4.78, 5) is 4.40. The Hall–Kier alpha value is -1.13. The van der Waals surface area contributed by atoms with E-state index in [0.29, 0.717) is 11.1 Å². The molecule has 0 aliphatic carbocycles. The molecule has 0 atom stereocenters. The summed E-state index contributed by atoms with van der Waals surface area (Å²) in [5.74, 6) is 0.718. The van der Waals surface area contributed by atoms with Crippen molar-refractivity contribution in [3.63, 3.8) is 0 Å². The zero-order valence-corrected chi connectivity index (χ0v) is 10.6. The van der Waals surface area contributed by atoms with Gasteiger partial charge in [-0.05, 0) is 26.0 Å². The predicted octanol–water partition coefficient (Wildman–Crippen LogP) is 3.68. The number of hydrogen-bond acceptors (Lipinski definition) is 4. The Morgan fingerprint density at radius 3 is 2.88 bits per heavy atom. The molecule has 0 saturated heterocycles. The lowest BCUT2D eigenvalue weighted by Gasteiger charge is -2.03. The molecule has 5 heteroatoms. The van der Waals surface area contributed by atoms with Gasteiger partial charge in [-0.3, -0.25) is 0 Å². The maximum absolute atomic E-state index is 5.92. The van der Waals surface area contributed by atoms with Gasteiger partial charge < -0.3 is 5.32 Å². The largest absolute Gasteiger partial charge is 0.358 e. The zero-order valence-electron chi connectivity index (χ0n) is 9.07. The van der Waals surface area contributed by atoms with Gasteiger partial charge >= 0.3 is 0 Å². The summed E-state index contributed by atoms with van der Waals surface area (Å²) in [6.07, 6.45) is 0. The van der Waals surface area contributed by atoms with Crippen LogP contribution in [0.15, 0.2) is 24.3 Å². The van der Waals surface area contributed by atoms with Crippen LogP contribution in [0, 0.1) is 0 Å². The van der Waals surface area contributed by atoms with Gasteiger partial charge in [0.25, 0.3) is 0 Å². The zero-order chi connectivity index (χ0) is 11.5. The van der Waals surface area contributed by atoms with Gasteiger partial charge in [0.1, 0.15) is 0 Å². The number of anilines is 1. The smallest absolute Gasteiger partial charge is 0.203 e. The Morgan fingerprint density at radius 2 is 2.19 bits per heavy atom. The van der Waals surface area contributed by atoms with E-state index < -0.39 is 0 Å². The summed E-state index contributed by atoms with van der Waals surface area (Å²) >= 11 is 7.28. The van der Waals surface area contributed by atoms with Gasteiger partial charge in [-0.2, -0.15) is 9.36 Å². The van der Waals surface area contributed by atoms with Crippen LogP contribution in [0.2, 0.25) is 5.02 Å². The minimum absolute atomic E-state index is 0.361. The molecule has 2 rings (SSSR count). The molecule has 1 N–H and O–H groups in total. The standard InChI is InChI=1S/C11H12ClN3S/c1-7(2)13-11-14-10(15-16-11)8-4-3-5-9(12)6-8/h3-7H,1-2H3,(H,13,14,15). The van der Waals surface area contributed by atoms with E-state index in [1.165, 1.54) is 11.5 Å². The molecule has 16 heavy (non-hydrogen) atoms. The van der Waals surface area contributed by atoms with Crippen LogP contribution >= 0.6 is 23.1 Å². The van der Waals surface area contributed by atoms with Gasteiger partial charge in [0, 0.05) is 28.2 Å². The summed E-state index contributed by atoms with van der Waals surface area (Å²) in [5, 5.41) is 4.76. The van der Waals surface area contributed by atoms with Crippen molar-refractivity contribution in [2.24, 2.45) is 0 Å². The van der Waals surface area contributed by atoms with Gasteiger partial charge in [0.15, 0.2) is 5.82 Å². The number of halogens is 1. The van der Waals surface area contributed by atoms with E-state index in [4.69, 9.17) is 11.6 Å². The Bertz CT molecular complexity index is 482. The molecule has 0 saturated carbocycles. The van der Waals surface area contributed by atoms with E-state index in [-0.39, 0.29) is 0 Å². The quantitative estimate of drug-likeness (QED) is 0.907.